The molecule has 0 spiro atoms. The third-order valence-corrected chi connectivity index (χ3v) is 4.27. The van der Waals surface area contributed by atoms with Crippen LogP contribution in [-0.4, -0.2) is 20.7 Å². The number of benzene rings is 1. The maximum Gasteiger partial charge on any atom is 0.131 e. The van der Waals surface area contributed by atoms with Crippen molar-refractivity contribution in [2.24, 2.45) is 12.2 Å². The maximum absolute atomic E-state index is 8.93. The Bertz CT molecular complexity index is 722. The van der Waals surface area contributed by atoms with Gasteiger partial charge in [0.25, 0.3) is 0 Å². The first kappa shape index (κ1) is 13.9. The van der Waals surface area contributed by atoms with Gasteiger partial charge in [0.15, 0.2) is 0 Å². The smallest absolute Gasteiger partial charge is 0.131 e. The van der Waals surface area contributed by atoms with E-state index in [4.69, 9.17) is 21.5 Å². The molecule has 0 fully saturated rings. The van der Waals surface area contributed by atoms with Gasteiger partial charge in [0.1, 0.15) is 12.4 Å². The fraction of sp³-hybridized carbons (Fsp3) is 0.333. The average molecular weight is 306 g/mol. The SMILES string of the molecule is Cc1nn(C)c(COc2ccc3c(c2)CC/C3=N\O)c1Cl. The predicted octanol–water partition coefficient (Wildman–Crippen LogP) is 3.09. The molecule has 0 saturated carbocycles. The van der Waals surface area contributed by atoms with Crippen molar-refractivity contribution in [3.05, 3.63) is 45.7 Å². The van der Waals surface area contributed by atoms with Crippen molar-refractivity contribution in [1.29, 1.82) is 0 Å². The van der Waals surface area contributed by atoms with Crippen molar-refractivity contribution in [3.63, 3.8) is 0 Å². The van der Waals surface area contributed by atoms with Crippen LogP contribution in [0.25, 0.3) is 0 Å². The fourth-order valence-electron chi connectivity index (χ4n) is 2.63. The molecule has 0 amide bonds. The van der Waals surface area contributed by atoms with Crippen LogP contribution >= 0.6 is 11.6 Å². The van der Waals surface area contributed by atoms with Crippen molar-refractivity contribution >= 4 is 17.3 Å². The Morgan fingerprint density at radius 1 is 1.43 bits per heavy atom. The minimum atomic E-state index is 0.371. The summed E-state index contributed by atoms with van der Waals surface area (Å²) in [7, 11) is 1.85. The van der Waals surface area contributed by atoms with Crippen LogP contribution < -0.4 is 4.74 Å². The number of ether oxygens (including phenoxy) is 1. The van der Waals surface area contributed by atoms with E-state index in [2.05, 4.69) is 10.3 Å². The monoisotopic (exact) mass is 305 g/mol. The Morgan fingerprint density at radius 3 is 2.90 bits per heavy atom. The molecule has 0 unspecified atom stereocenters. The van der Waals surface area contributed by atoms with Crippen molar-refractivity contribution in [2.75, 3.05) is 0 Å². The second-order valence-corrected chi connectivity index (χ2v) is 5.50. The van der Waals surface area contributed by atoms with E-state index >= 15 is 0 Å². The van der Waals surface area contributed by atoms with Gasteiger partial charge in [-0.2, -0.15) is 5.10 Å². The summed E-state index contributed by atoms with van der Waals surface area (Å²) in [5, 5.41) is 17.2. The predicted molar refractivity (Wildman–Crippen MR) is 80.4 cm³/mol. The minimum absolute atomic E-state index is 0.371. The molecule has 0 saturated heterocycles. The second kappa shape index (κ2) is 5.41. The van der Waals surface area contributed by atoms with E-state index in [1.54, 1.807) is 4.68 Å². The molecular weight excluding hydrogens is 290 g/mol. The van der Waals surface area contributed by atoms with Gasteiger partial charge < -0.3 is 9.94 Å². The number of hydrogen-bond acceptors (Lipinski definition) is 4. The van der Waals surface area contributed by atoms with Crippen LogP contribution in [0.3, 0.4) is 0 Å². The van der Waals surface area contributed by atoms with Crippen molar-refractivity contribution in [1.82, 2.24) is 9.78 Å². The van der Waals surface area contributed by atoms with Crippen molar-refractivity contribution < 1.29 is 9.94 Å². The van der Waals surface area contributed by atoms with Crippen LogP contribution in [0.2, 0.25) is 5.02 Å². The van der Waals surface area contributed by atoms with Crippen LogP contribution in [0.15, 0.2) is 23.4 Å². The molecule has 1 aliphatic rings. The second-order valence-electron chi connectivity index (χ2n) is 5.12. The molecular formula is C15H16ClN3O2. The van der Waals surface area contributed by atoms with Crippen LogP contribution in [-0.2, 0) is 20.1 Å². The topological polar surface area (TPSA) is 59.6 Å². The molecule has 1 aromatic carbocycles. The summed E-state index contributed by atoms with van der Waals surface area (Å²) in [6.45, 7) is 2.24. The molecule has 2 aromatic rings. The lowest BCUT2D eigenvalue weighted by molar-refractivity contribution is 0.294. The highest BCUT2D eigenvalue weighted by Crippen LogP contribution is 2.28. The zero-order valence-electron chi connectivity index (χ0n) is 11.9. The number of aromatic nitrogens is 2. The van der Waals surface area contributed by atoms with Gasteiger partial charge in [0.2, 0.25) is 0 Å². The fourth-order valence-corrected chi connectivity index (χ4v) is 2.84. The zero-order chi connectivity index (χ0) is 15.0. The van der Waals surface area contributed by atoms with Gasteiger partial charge in [-0.15, -0.1) is 0 Å². The average Bonchev–Trinajstić information content (AvgIpc) is 2.98. The summed E-state index contributed by atoms with van der Waals surface area (Å²) in [6, 6.07) is 5.81. The molecule has 1 heterocycles. The molecule has 1 aromatic heterocycles. The molecule has 0 bridgehead atoms. The Balaban J connectivity index is 1.78. The summed E-state index contributed by atoms with van der Waals surface area (Å²) in [4.78, 5) is 0. The van der Waals surface area contributed by atoms with Gasteiger partial charge in [-0.25, -0.2) is 0 Å². The highest BCUT2D eigenvalue weighted by atomic mass is 35.5. The Kier molecular flexibility index (Phi) is 3.59. The van der Waals surface area contributed by atoms with Gasteiger partial charge in [-0.1, -0.05) is 16.8 Å². The lowest BCUT2D eigenvalue weighted by atomic mass is 10.1. The van der Waals surface area contributed by atoms with E-state index in [-0.39, 0.29) is 0 Å². The number of oxime groups is 1. The summed E-state index contributed by atoms with van der Waals surface area (Å²) < 4.78 is 7.55. The molecule has 0 aliphatic heterocycles. The summed E-state index contributed by atoms with van der Waals surface area (Å²) in [5.74, 6) is 0.780. The molecule has 0 atom stereocenters. The summed E-state index contributed by atoms with van der Waals surface area (Å²) in [5.41, 5.74) is 4.54. The molecule has 0 radical (unpaired) electrons. The van der Waals surface area contributed by atoms with Crippen LogP contribution in [0.1, 0.15) is 28.9 Å². The third-order valence-electron chi connectivity index (χ3n) is 3.78. The van der Waals surface area contributed by atoms with Gasteiger partial charge in [-0.3, -0.25) is 4.68 Å². The molecule has 5 nitrogen and oxygen atoms in total. The van der Waals surface area contributed by atoms with Gasteiger partial charge >= 0.3 is 0 Å². The van der Waals surface area contributed by atoms with E-state index in [1.807, 2.05) is 32.2 Å². The molecule has 110 valence electrons. The number of aryl methyl sites for hydroxylation is 3. The van der Waals surface area contributed by atoms with Crippen LogP contribution in [0.4, 0.5) is 0 Å². The zero-order valence-corrected chi connectivity index (χ0v) is 12.7. The molecule has 3 rings (SSSR count). The maximum atomic E-state index is 8.93. The van der Waals surface area contributed by atoms with E-state index in [9.17, 15) is 0 Å². The highest BCUT2D eigenvalue weighted by Gasteiger charge is 2.19. The molecule has 21 heavy (non-hydrogen) atoms. The molecule has 6 heteroatoms. The van der Waals surface area contributed by atoms with E-state index in [0.29, 0.717) is 11.6 Å². The quantitative estimate of drug-likeness (QED) is 0.700. The number of rotatable bonds is 3. The first-order valence-electron chi connectivity index (χ1n) is 6.75. The Labute approximate surface area is 127 Å². The number of nitrogens with zero attached hydrogens (tertiary/aromatic N) is 3. The van der Waals surface area contributed by atoms with Crippen molar-refractivity contribution in [2.45, 2.75) is 26.4 Å². The number of halogens is 1. The standard InChI is InChI=1S/C15H16ClN3O2/c1-9-15(16)14(19(2)17-9)8-21-11-4-5-12-10(7-11)3-6-13(12)18-20/h4-5,7,20H,3,6,8H2,1-2H3/b18-13+. The van der Waals surface area contributed by atoms with Crippen LogP contribution in [0, 0.1) is 6.92 Å². The largest absolute Gasteiger partial charge is 0.487 e. The summed E-state index contributed by atoms with van der Waals surface area (Å²) >= 11 is 6.21. The van der Waals surface area contributed by atoms with E-state index < -0.39 is 0 Å². The summed E-state index contributed by atoms with van der Waals surface area (Å²) in [6.07, 6.45) is 1.64. The van der Waals surface area contributed by atoms with Crippen molar-refractivity contribution in [3.8, 4) is 5.75 Å². The van der Waals surface area contributed by atoms with E-state index in [0.717, 1.165) is 46.8 Å². The Morgan fingerprint density at radius 2 is 2.24 bits per heavy atom. The van der Waals surface area contributed by atoms with Gasteiger partial charge in [0.05, 0.1) is 22.1 Å². The third kappa shape index (κ3) is 2.49. The first-order chi connectivity index (χ1) is 10.1. The van der Waals surface area contributed by atoms with Gasteiger partial charge in [0, 0.05) is 12.6 Å². The van der Waals surface area contributed by atoms with Gasteiger partial charge in [-0.05, 0) is 43.5 Å². The molecule has 1 aliphatic carbocycles. The van der Waals surface area contributed by atoms with E-state index in [1.165, 1.54) is 0 Å². The normalized spacial score (nSPS) is 15.5. The first-order valence-corrected chi connectivity index (χ1v) is 7.13. The number of fused-ring (bicyclic) bond motifs is 1. The lowest BCUT2D eigenvalue weighted by Crippen LogP contribution is -2.04. The number of hydrogen-bond donors (Lipinski definition) is 1. The minimum Gasteiger partial charge on any atom is -0.487 e. The lowest BCUT2D eigenvalue weighted by Gasteiger charge is -2.08. The molecule has 1 N–H and O–H groups in total. The highest BCUT2D eigenvalue weighted by molar-refractivity contribution is 6.31. The van der Waals surface area contributed by atoms with Crippen LogP contribution in [0.5, 0.6) is 5.75 Å². The Hall–Kier alpha value is -2.01.